The summed E-state index contributed by atoms with van der Waals surface area (Å²) in [5.74, 6) is -2.28. The van der Waals surface area contributed by atoms with E-state index in [1.807, 2.05) is 37.3 Å². The summed E-state index contributed by atoms with van der Waals surface area (Å²) < 4.78 is 5.02. The van der Waals surface area contributed by atoms with Gasteiger partial charge in [-0.15, -0.1) is 18.3 Å². The summed E-state index contributed by atoms with van der Waals surface area (Å²) >= 11 is 1.48. The van der Waals surface area contributed by atoms with Gasteiger partial charge in [-0.25, -0.2) is 9.59 Å². The van der Waals surface area contributed by atoms with Gasteiger partial charge in [-0.2, -0.15) is 0 Å². The molecule has 5 atom stereocenters. The van der Waals surface area contributed by atoms with Gasteiger partial charge in [-0.3, -0.25) is 9.59 Å². The van der Waals surface area contributed by atoms with Crippen molar-refractivity contribution < 1.29 is 29.0 Å². The third kappa shape index (κ3) is 14.2. The van der Waals surface area contributed by atoms with Crippen molar-refractivity contribution in [3.05, 3.63) is 65.8 Å². The lowest BCUT2D eigenvalue weighted by molar-refractivity contribution is -0.142. The van der Waals surface area contributed by atoms with Crippen LogP contribution in [0.15, 0.2) is 60.2 Å². The number of carbonyl (C=O) groups is 4. The van der Waals surface area contributed by atoms with Gasteiger partial charge in [0.15, 0.2) is 0 Å². The normalized spacial score (nSPS) is 17.3. The number of rotatable bonds is 18. The number of ether oxygens (including phenoxy) is 1. The monoisotopic (exact) mass is 684 g/mol. The van der Waals surface area contributed by atoms with Crippen LogP contribution in [0.2, 0.25) is 0 Å². The Bertz CT molecular complexity index is 1350. The van der Waals surface area contributed by atoms with Crippen molar-refractivity contribution in [2.24, 2.45) is 0 Å². The van der Waals surface area contributed by atoms with Crippen molar-refractivity contribution in [3.8, 4) is 0 Å². The first-order chi connectivity index (χ1) is 22.4. The van der Waals surface area contributed by atoms with E-state index in [1.165, 1.54) is 29.8 Å². The second-order valence-corrected chi connectivity index (χ2v) is 15.5. The summed E-state index contributed by atoms with van der Waals surface area (Å²) in [5, 5.41) is 21.1. The van der Waals surface area contributed by atoms with Crippen LogP contribution in [-0.2, 0) is 19.1 Å². The molecule has 10 nitrogen and oxygen atoms in total. The number of alkyl carbamates (subject to hydrolysis) is 1. The molecule has 11 heteroatoms. The summed E-state index contributed by atoms with van der Waals surface area (Å²) in [4.78, 5) is 51.5. The van der Waals surface area contributed by atoms with Crippen LogP contribution in [0.25, 0.3) is 0 Å². The first-order valence-corrected chi connectivity index (χ1v) is 17.6. The summed E-state index contributed by atoms with van der Waals surface area (Å²) in [6.45, 7) is 19.6. The predicted octanol–water partition coefficient (Wildman–Crippen LogP) is 6.70. The largest absolute Gasteiger partial charge is 0.480 e. The number of hydrogen-bond donors (Lipinski definition) is 5. The molecule has 48 heavy (non-hydrogen) atoms. The molecule has 0 saturated carbocycles. The van der Waals surface area contributed by atoms with Crippen molar-refractivity contribution in [2.45, 2.75) is 122 Å². The zero-order valence-electron chi connectivity index (χ0n) is 29.9. The van der Waals surface area contributed by atoms with Gasteiger partial charge in [0.25, 0.3) is 0 Å². The molecule has 5 N–H and O–H groups in total. The Balaban J connectivity index is 2.07. The zero-order valence-corrected chi connectivity index (χ0v) is 30.7. The zero-order chi connectivity index (χ0) is 36.1. The van der Waals surface area contributed by atoms with Crippen molar-refractivity contribution in [3.63, 3.8) is 0 Å². The molecule has 2 rings (SSSR count). The maximum atomic E-state index is 13.5. The number of carboxylic acid groups (broad SMARTS) is 1. The highest BCUT2D eigenvalue weighted by atomic mass is 32.2. The van der Waals surface area contributed by atoms with Crippen LogP contribution < -0.4 is 21.3 Å². The molecular formula is C37H56N4O6S. The molecule has 3 amide bonds. The lowest BCUT2D eigenvalue weighted by Crippen LogP contribution is -2.56. The van der Waals surface area contributed by atoms with E-state index in [0.717, 1.165) is 36.9 Å². The van der Waals surface area contributed by atoms with E-state index in [0.29, 0.717) is 6.54 Å². The van der Waals surface area contributed by atoms with Crippen LogP contribution in [0.4, 0.5) is 10.5 Å². The lowest BCUT2D eigenvalue weighted by Gasteiger charge is -2.29. The first-order valence-electron chi connectivity index (χ1n) is 16.7. The van der Waals surface area contributed by atoms with Gasteiger partial charge in [0.2, 0.25) is 11.8 Å². The number of nitrogens with one attached hydrogen (secondary N) is 4. The number of para-hydroxylation sites is 1. The first kappa shape index (κ1) is 40.4. The Morgan fingerprint density at radius 2 is 1.71 bits per heavy atom. The number of carboxylic acids is 1. The Kier molecular flexibility index (Phi) is 15.8. The Morgan fingerprint density at radius 1 is 1.02 bits per heavy atom. The Morgan fingerprint density at radius 3 is 2.33 bits per heavy atom. The molecule has 1 aromatic rings. The summed E-state index contributed by atoms with van der Waals surface area (Å²) in [6.07, 6.45) is 9.36. The summed E-state index contributed by atoms with van der Waals surface area (Å²) in [5.41, 5.74) is 3.80. The fourth-order valence-corrected chi connectivity index (χ4v) is 6.35. The van der Waals surface area contributed by atoms with Crippen molar-refractivity contribution in [1.82, 2.24) is 16.0 Å². The number of benzene rings is 1. The molecule has 0 bridgehead atoms. The number of amides is 3. The number of anilines is 1. The molecule has 0 aliphatic carbocycles. The maximum absolute atomic E-state index is 13.5. The number of aliphatic carboxylic acids is 1. The predicted molar refractivity (Wildman–Crippen MR) is 195 cm³/mol. The van der Waals surface area contributed by atoms with Crippen LogP contribution in [-0.4, -0.2) is 69.8 Å². The van der Waals surface area contributed by atoms with Gasteiger partial charge in [0.05, 0.1) is 0 Å². The number of allylic oxidation sites excluding steroid dienone is 4. The highest BCUT2D eigenvalue weighted by molar-refractivity contribution is 8.00. The van der Waals surface area contributed by atoms with Crippen LogP contribution in [0.5, 0.6) is 0 Å². The fraction of sp³-hybridized carbons (Fsp3) is 0.568. The molecule has 266 valence electrons. The van der Waals surface area contributed by atoms with E-state index in [-0.39, 0.29) is 18.1 Å². The van der Waals surface area contributed by atoms with Crippen LogP contribution in [0.1, 0.15) is 99.0 Å². The van der Waals surface area contributed by atoms with E-state index < -0.39 is 52.4 Å². The SMILES string of the molecule is C=CC(C)(CC/C=C(\C)CCC=C(C)C)SCC(NC(=O)OC(C)(C)C)C(=O)N[C@@H](C)C(=O)NC(CC1CNc2ccccc21)C(=O)O. The minimum absolute atomic E-state index is 0.0898. The minimum atomic E-state index is -1.16. The number of fused-ring (bicyclic) bond motifs is 1. The standard InChI is InChI=1S/C37H56N4O6S/c1-10-37(9,20-14-17-25(4)16-13-15-24(2)3)48-23-31(41-35(46)47-36(6,7)8)33(43)39-26(5)32(42)40-30(34(44)45)21-27-22-38-29-19-12-11-18-28(27)29/h10-12,15,17-19,26-27,30-31,38H,1,13-14,16,20-23H2,2-9H3,(H,39,43)(H,40,42)(H,41,46)(H,44,45)/b25-17+/t26-,27?,30?,31?,37?/m0/s1. The van der Waals surface area contributed by atoms with Crippen molar-refractivity contribution in [1.29, 1.82) is 0 Å². The van der Waals surface area contributed by atoms with Gasteiger partial charge in [-0.1, -0.05) is 47.6 Å². The van der Waals surface area contributed by atoms with Gasteiger partial charge in [-0.05, 0) is 99.1 Å². The lowest BCUT2D eigenvalue weighted by atomic mass is 9.94. The van der Waals surface area contributed by atoms with Gasteiger partial charge in [0, 0.05) is 28.6 Å². The molecule has 0 radical (unpaired) electrons. The molecule has 1 heterocycles. The van der Waals surface area contributed by atoms with E-state index in [2.05, 4.69) is 60.8 Å². The molecular weight excluding hydrogens is 628 g/mol. The smallest absolute Gasteiger partial charge is 0.408 e. The van der Waals surface area contributed by atoms with Crippen LogP contribution in [0.3, 0.4) is 0 Å². The average Bonchev–Trinajstić information content (AvgIpc) is 3.40. The van der Waals surface area contributed by atoms with E-state index >= 15 is 0 Å². The Labute approximate surface area is 291 Å². The average molecular weight is 685 g/mol. The quantitative estimate of drug-likeness (QED) is 0.107. The van der Waals surface area contributed by atoms with Crippen molar-refractivity contribution >= 4 is 41.3 Å². The third-order valence-electron chi connectivity index (χ3n) is 8.07. The topological polar surface area (TPSA) is 146 Å². The van der Waals surface area contributed by atoms with Gasteiger partial charge < -0.3 is 31.1 Å². The molecule has 1 aliphatic rings. The molecule has 0 fully saturated rings. The number of hydrogen-bond acceptors (Lipinski definition) is 7. The fourth-order valence-electron chi connectivity index (χ4n) is 5.18. The minimum Gasteiger partial charge on any atom is -0.480 e. The van der Waals surface area contributed by atoms with E-state index in [9.17, 15) is 24.3 Å². The van der Waals surface area contributed by atoms with E-state index in [4.69, 9.17) is 4.74 Å². The second-order valence-electron chi connectivity index (χ2n) is 14.0. The van der Waals surface area contributed by atoms with Crippen LogP contribution in [0, 0.1) is 0 Å². The number of thioether (sulfide) groups is 1. The summed E-state index contributed by atoms with van der Waals surface area (Å²) in [6, 6.07) is 4.44. The van der Waals surface area contributed by atoms with Gasteiger partial charge in [0.1, 0.15) is 23.7 Å². The highest BCUT2D eigenvalue weighted by Gasteiger charge is 2.33. The second kappa shape index (κ2) is 18.7. The Hall–Kier alpha value is -3.73. The van der Waals surface area contributed by atoms with Crippen molar-refractivity contribution in [2.75, 3.05) is 17.6 Å². The van der Waals surface area contributed by atoms with Crippen LogP contribution >= 0.6 is 11.8 Å². The molecule has 1 aromatic carbocycles. The third-order valence-corrected chi connectivity index (χ3v) is 9.60. The highest BCUT2D eigenvalue weighted by Crippen LogP contribution is 2.34. The molecule has 0 spiro atoms. The maximum Gasteiger partial charge on any atom is 0.408 e. The molecule has 0 saturated heterocycles. The molecule has 1 aliphatic heterocycles. The molecule has 0 aromatic heterocycles. The van der Waals surface area contributed by atoms with Gasteiger partial charge >= 0.3 is 12.1 Å². The molecule has 4 unspecified atom stereocenters. The summed E-state index contributed by atoms with van der Waals surface area (Å²) in [7, 11) is 0. The number of carbonyl (C=O) groups excluding carboxylic acids is 3. The van der Waals surface area contributed by atoms with E-state index in [1.54, 1.807) is 20.8 Å².